The van der Waals surface area contributed by atoms with Gasteiger partial charge >= 0.3 is 5.97 Å². The lowest BCUT2D eigenvalue weighted by molar-refractivity contribution is 0.0450. The summed E-state index contributed by atoms with van der Waals surface area (Å²) in [6, 6.07) is 6.55. The van der Waals surface area contributed by atoms with Gasteiger partial charge in [0.1, 0.15) is 22.8 Å². The predicted molar refractivity (Wildman–Crippen MR) is 97.8 cm³/mol. The van der Waals surface area contributed by atoms with Gasteiger partial charge in [-0.2, -0.15) is 0 Å². The molecule has 1 spiro atoms. The van der Waals surface area contributed by atoms with Crippen molar-refractivity contribution in [1.29, 1.82) is 0 Å². The number of aromatic carboxylic acids is 1. The molecule has 138 valence electrons. The van der Waals surface area contributed by atoms with E-state index in [0.29, 0.717) is 29.7 Å². The van der Waals surface area contributed by atoms with Crippen LogP contribution >= 0.6 is 0 Å². The summed E-state index contributed by atoms with van der Waals surface area (Å²) in [6.45, 7) is 1.89. The SMILES string of the molecule is Cc1nc2c3c(c(C(=O)O)cc2n1C)CCC1(CCc2cc(F)ccc21)O3. The van der Waals surface area contributed by atoms with Crippen molar-refractivity contribution in [3.63, 3.8) is 0 Å². The average Bonchev–Trinajstić information content (AvgIpc) is 3.12. The summed E-state index contributed by atoms with van der Waals surface area (Å²) in [4.78, 5) is 16.5. The Morgan fingerprint density at radius 3 is 2.85 bits per heavy atom. The molecule has 0 saturated heterocycles. The summed E-state index contributed by atoms with van der Waals surface area (Å²) in [5, 5.41) is 9.72. The zero-order valence-electron chi connectivity index (χ0n) is 15.2. The maximum Gasteiger partial charge on any atom is 0.336 e. The molecule has 0 amide bonds. The summed E-state index contributed by atoms with van der Waals surface area (Å²) in [5.41, 5.74) is 3.87. The van der Waals surface area contributed by atoms with E-state index in [1.807, 2.05) is 24.6 Å². The number of benzene rings is 2. The lowest BCUT2D eigenvalue weighted by Gasteiger charge is -2.37. The van der Waals surface area contributed by atoms with Gasteiger partial charge in [0.2, 0.25) is 0 Å². The molecule has 6 heteroatoms. The van der Waals surface area contributed by atoms with Crippen LogP contribution in [0.3, 0.4) is 0 Å². The Labute approximate surface area is 155 Å². The summed E-state index contributed by atoms with van der Waals surface area (Å²) in [7, 11) is 1.87. The molecule has 0 bridgehead atoms. The van der Waals surface area contributed by atoms with Gasteiger partial charge in [-0.05, 0) is 61.9 Å². The molecule has 3 aromatic rings. The first-order valence-corrected chi connectivity index (χ1v) is 9.10. The van der Waals surface area contributed by atoms with Crippen molar-refractivity contribution in [2.24, 2.45) is 7.05 Å². The molecule has 27 heavy (non-hydrogen) atoms. The zero-order valence-corrected chi connectivity index (χ0v) is 15.2. The van der Waals surface area contributed by atoms with Crippen molar-refractivity contribution in [2.45, 2.75) is 38.2 Å². The number of carboxylic acids is 1. The number of aryl methyl sites for hydroxylation is 3. The first kappa shape index (κ1) is 16.3. The third-order valence-corrected chi connectivity index (χ3v) is 6.12. The van der Waals surface area contributed by atoms with Crippen LogP contribution in [0.1, 0.15) is 45.7 Å². The highest BCUT2D eigenvalue weighted by Crippen LogP contribution is 2.50. The van der Waals surface area contributed by atoms with Gasteiger partial charge in [-0.15, -0.1) is 0 Å². The second kappa shape index (κ2) is 5.31. The molecule has 0 radical (unpaired) electrons. The number of carbonyl (C=O) groups is 1. The molecular formula is C21H19FN2O3. The Kier molecular flexibility index (Phi) is 3.21. The normalized spacial score (nSPS) is 20.6. The Hall–Kier alpha value is -2.89. The molecular weight excluding hydrogens is 347 g/mol. The quantitative estimate of drug-likeness (QED) is 0.710. The van der Waals surface area contributed by atoms with E-state index in [9.17, 15) is 14.3 Å². The van der Waals surface area contributed by atoms with Crippen molar-refractivity contribution in [3.8, 4) is 5.75 Å². The molecule has 0 saturated carbocycles. The molecule has 1 aliphatic carbocycles. The van der Waals surface area contributed by atoms with Crippen LogP contribution < -0.4 is 4.74 Å². The Morgan fingerprint density at radius 2 is 2.07 bits per heavy atom. The van der Waals surface area contributed by atoms with Gasteiger partial charge in [-0.1, -0.05) is 6.07 Å². The van der Waals surface area contributed by atoms with Gasteiger partial charge in [0, 0.05) is 12.6 Å². The molecule has 2 aromatic carbocycles. The van der Waals surface area contributed by atoms with Crippen molar-refractivity contribution < 1.29 is 19.0 Å². The van der Waals surface area contributed by atoms with E-state index >= 15 is 0 Å². The number of nitrogens with zero attached hydrogens (tertiary/aromatic N) is 2. The molecule has 2 heterocycles. The monoisotopic (exact) mass is 366 g/mol. The standard InChI is InChI=1S/C21H19FN2O3/c1-11-23-18-17(24(11)2)10-15(20(25)26)14-6-8-21(27-19(14)18)7-5-12-9-13(22)3-4-16(12)21/h3-4,9-10H,5-8H2,1-2H3,(H,25,26). The first-order chi connectivity index (χ1) is 12.9. The number of hydrogen-bond acceptors (Lipinski definition) is 3. The van der Waals surface area contributed by atoms with Crippen LogP contribution in [-0.4, -0.2) is 20.6 Å². The largest absolute Gasteiger partial charge is 0.480 e. The van der Waals surface area contributed by atoms with E-state index in [1.165, 1.54) is 6.07 Å². The summed E-state index contributed by atoms with van der Waals surface area (Å²) < 4.78 is 22.1. The number of aromatic nitrogens is 2. The molecule has 1 aromatic heterocycles. The van der Waals surface area contributed by atoms with Crippen molar-refractivity contribution in [1.82, 2.24) is 9.55 Å². The van der Waals surface area contributed by atoms with E-state index < -0.39 is 11.6 Å². The predicted octanol–water partition coefficient (Wildman–Crippen LogP) is 3.89. The number of ether oxygens (including phenoxy) is 1. The molecule has 0 fully saturated rings. The van der Waals surface area contributed by atoms with Crippen LogP contribution in [0.25, 0.3) is 11.0 Å². The minimum absolute atomic E-state index is 0.238. The Balaban J connectivity index is 1.74. The van der Waals surface area contributed by atoms with Crippen molar-refractivity contribution in [3.05, 3.63) is 58.2 Å². The van der Waals surface area contributed by atoms with Gasteiger partial charge in [0.15, 0.2) is 5.75 Å². The fraction of sp³-hybridized carbons (Fsp3) is 0.333. The van der Waals surface area contributed by atoms with Crippen LogP contribution in [0.4, 0.5) is 4.39 Å². The van der Waals surface area contributed by atoms with E-state index in [2.05, 4.69) is 4.98 Å². The summed E-state index contributed by atoms with van der Waals surface area (Å²) in [6.07, 6.45) is 2.79. The lowest BCUT2D eigenvalue weighted by atomic mass is 9.84. The van der Waals surface area contributed by atoms with Crippen LogP contribution in [0.15, 0.2) is 24.3 Å². The third-order valence-electron chi connectivity index (χ3n) is 6.12. The molecule has 2 aliphatic rings. The minimum atomic E-state index is -0.958. The number of carboxylic acid groups (broad SMARTS) is 1. The molecule has 5 rings (SSSR count). The lowest BCUT2D eigenvalue weighted by Crippen LogP contribution is -2.35. The first-order valence-electron chi connectivity index (χ1n) is 9.10. The minimum Gasteiger partial charge on any atom is -0.480 e. The molecule has 5 nitrogen and oxygen atoms in total. The van der Waals surface area contributed by atoms with E-state index in [1.54, 1.807) is 12.1 Å². The molecule has 1 atom stereocenters. The third kappa shape index (κ3) is 2.16. The molecule has 1 N–H and O–H groups in total. The number of hydrogen-bond donors (Lipinski definition) is 1. The van der Waals surface area contributed by atoms with Crippen molar-refractivity contribution >= 4 is 17.0 Å². The van der Waals surface area contributed by atoms with E-state index in [4.69, 9.17) is 4.74 Å². The fourth-order valence-electron chi connectivity index (χ4n) is 4.62. The van der Waals surface area contributed by atoms with Crippen LogP contribution in [-0.2, 0) is 25.5 Å². The van der Waals surface area contributed by atoms with Gasteiger partial charge in [0.05, 0.1) is 11.1 Å². The van der Waals surface area contributed by atoms with Crippen LogP contribution in [0.2, 0.25) is 0 Å². The molecule has 1 unspecified atom stereocenters. The summed E-state index contributed by atoms with van der Waals surface area (Å²) in [5.74, 6) is 0.169. The number of rotatable bonds is 1. The smallest absolute Gasteiger partial charge is 0.336 e. The van der Waals surface area contributed by atoms with Gasteiger partial charge in [-0.3, -0.25) is 0 Å². The second-order valence-electron chi connectivity index (χ2n) is 7.52. The average molecular weight is 366 g/mol. The van der Waals surface area contributed by atoms with Crippen LogP contribution in [0.5, 0.6) is 5.75 Å². The highest BCUT2D eigenvalue weighted by molar-refractivity contribution is 5.98. The maximum atomic E-state index is 13.6. The zero-order chi connectivity index (χ0) is 18.9. The van der Waals surface area contributed by atoms with E-state index in [0.717, 1.165) is 35.3 Å². The highest BCUT2D eigenvalue weighted by atomic mass is 19.1. The maximum absolute atomic E-state index is 13.6. The number of halogens is 1. The topological polar surface area (TPSA) is 64.3 Å². The Morgan fingerprint density at radius 1 is 1.30 bits per heavy atom. The number of fused-ring (bicyclic) bond motifs is 5. The van der Waals surface area contributed by atoms with Gasteiger partial charge in [0.25, 0.3) is 0 Å². The highest BCUT2D eigenvalue weighted by Gasteiger charge is 2.45. The fourth-order valence-corrected chi connectivity index (χ4v) is 4.62. The van der Waals surface area contributed by atoms with Crippen molar-refractivity contribution in [2.75, 3.05) is 0 Å². The number of imidazole rings is 1. The van der Waals surface area contributed by atoms with E-state index in [-0.39, 0.29) is 11.4 Å². The van der Waals surface area contributed by atoms with Gasteiger partial charge in [-0.25, -0.2) is 14.2 Å². The molecule has 1 aliphatic heterocycles. The second-order valence-corrected chi connectivity index (χ2v) is 7.52. The van der Waals surface area contributed by atoms with Gasteiger partial charge < -0.3 is 14.4 Å². The Bertz CT molecular complexity index is 1130. The van der Waals surface area contributed by atoms with Crippen LogP contribution in [0, 0.1) is 12.7 Å². The summed E-state index contributed by atoms with van der Waals surface area (Å²) >= 11 is 0.